The largest absolute Gasteiger partial charge is 0.477 e. The fourth-order valence-corrected chi connectivity index (χ4v) is 4.92. The highest BCUT2D eigenvalue weighted by atomic mass is 19.1. The molecule has 0 radical (unpaired) electrons. The van der Waals surface area contributed by atoms with Gasteiger partial charge in [-0.15, -0.1) is 0 Å². The van der Waals surface area contributed by atoms with Crippen LogP contribution in [0.2, 0.25) is 0 Å². The van der Waals surface area contributed by atoms with Gasteiger partial charge in [-0.3, -0.25) is 4.79 Å². The minimum absolute atomic E-state index is 0.0154. The van der Waals surface area contributed by atoms with Crippen LogP contribution >= 0.6 is 0 Å². The maximum Gasteiger partial charge on any atom is 0.247 e. The smallest absolute Gasteiger partial charge is 0.247 e. The number of carbonyl (C=O) groups excluding carboxylic acids is 1. The lowest BCUT2D eigenvalue weighted by Crippen LogP contribution is -2.53. The van der Waals surface area contributed by atoms with Gasteiger partial charge >= 0.3 is 0 Å². The summed E-state index contributed by atoms with van der Waals surface area (Å²) in [4.78, 5) is 24.2. The van der Waals surface area contributed by atoms with Gasteiger partial charge < -0.3 is 26.4 Å². The Hall–Kier alpha value is -4.05. The first-order valence-electron chi connectivity index (χ1n) is 12.3. The van der Waals surface area contributed by atoms with E-state index < -0.39 is 5.82 Å². The molecule has 6 rings (SSSR count). The van der Waals surface area contributed by atoms with Crippen molar-refractivity contribution in [3.8, 4) is 5.88 Å². The van der Waals surface area contributed by atoms with Gasteiger partial charge in [0.05, 0.1) is 24.7 Å². The maximum absolute atomic E-state index is 14.4. The standard InChI is InChI=1S/C27H30FN7O2/c1-2-22(36)32-18-4-3-5-19(14-18)33-24-21(28)16-31-25(35-24)34-20-6-7-23(30-15-20)37-17-26-8-11-27(29,12-9-26)13-10-26/h2-7,14-16H,1,8-13,17,29H2,(H,32,36)(H2,31,33,34,35). The number of nitrogens with zero attached hydrogens (tertiary/aromatic N) is 3. The van der Waals surface area contributed by atoms with Gasteiger partial charge in [-0.2, -0.15) is 4.98 Å². The van der Waals surface area contributed by atoms with Crippen LogP contribution in [-0.2, 0) is 4.79 Å². The van der Waals surface area contributed by atoms with Crippen LogP contribution in [0, 0.1) is 11.2 Å². The van der Waals surface area contributed by atoms with E-state index in [-0.39, 0.29) is 28.6 Å². The molecule has 192 valence electrons. The molecule has 2 bridgehead atoms. The van der Waals surface area contributed by atoms with E-state index in [2.05, 4.69) is 37.5 Å². The Morgan fingerprint density at radius 2 is 1.78 bits per heavy atom. The summed E-state index contributed by atoms with van der Waals surface area (Å²) >= 11 is 0. The number of aromatic nitrogens is 3. The molecule has 0 aliphatic heterocycles. The number of ether oxygens (including phenoxy) is 1. The van der Waals surface area contributed by atoms with E-state index in [0.29, 0.717) is 29.5 Å². The molecule has 2 aromatic heterocycles. The van der Waals surface area contributed by atoms with Crippen LogP contribution in [0.15, 0.2) is 61.4 Å². The zero-order chi connectivity index (χ0) is 25.9. The number of pyridine rings is 1. The molecule has 10 heteroatoms. The Morgan fingerprint density at radius 1 is 1.03 bits per heavy atom. The van der Waals surface area contributed by atoms with Crippen molar-refractivity contribution < 1.29 is 13.9 Å². The van der Waals surface area contributed by atoms with E-state index in [1.54, 1.807) is 36.5 Å². The molecule has 3 aromatic rings. The Labute approximate surface area is 214 Å². The number of hydrogen-bond donors (Lipinski definition) is 4. The lowest BCUT2D eigenvalue weighted by molar-refractivity contribution is -0.111. The lowest BCUT2D eigenvalue weighted by atomic mass is 9.58. The summed E-state index contributed by atoms with van der Waals surface area (Å²) in [5, 5.41) is 8.61. The van der Waals surface area contributed by atoms with Crippen LogP contribution in [0.4, 0.5) is 33.2 Å². The predicted molar refractivity (Wildman–Crippen MR) is 141 cm³/mol. The van der Waals surface area contributed by atoms with Crippen molar-refractivity contribution in [3.63, 3.8) is 0 Å². The monoisotopic (exact) mass is 503 g/mol. The summed E-state index contributed by atoms with van der Waals surface area (Å²) in [6.45, 7) is 4.08. The number of rotatable bonds is 9. The lowest BCUT2D eigenvalue weighted by Gasteiger charge is -2.51. The average molecular weight is 504 g/mol. The highest BCUT2D eigenvalue weighted by molar-refractivity contribution is 5.99. The molecule has 2 heterocycles. The number of nitrogens with two attached hydrogens (primary N) is 1. The summed E-state index contributed by atoms with van der Waals surface area (Å²) in [5.41, 5.74) is 8.38. The molecular formula is C27H30FN7O2. The number of halogens is 1. The molecule has 0 unspecified atom stereocenters. The van der Waals surface area contributed by atoms with Gasteiger partial charge in [0.15, 0.2) is 11.6 Å². The summed E-state index contributed by atoms with van der Waals surface area (Å²) in [6.07, 6.45) is 10.4. The van der Waals surface area contributed by atoms with Crippen LogP contribution in [0.25, 0.3) is 0 Å². The Morgan fingerprint density at radius 3 is 2.49 bits per heavy atom. The Kier molecular flexibility index (Phi) is 6.75. The molecule has 0 saturated heterocycles. The number of carbonyl (C=O) groups is 1. The van der Waals surface area contributed by atoms with Gasteiger partial charge in [0.1, 0.15) is 0 Å². The van der Waals surface area contributed by atoms with Gasteiger partial charge in [-0.1, -0.05) is 12.6 Å². The maximum atomic E-state index is 14.4. The van der Waals surface area contributed by atoms with Crippen molar-refractivity contribution in [2.45, 2.75) is 44.1 Å². The third-order valence-electron chi connectivity index (χ3n) is 7.30. The second-order valence-corrected chi connectivity index (χ2v) is 9.95. The van der Waals surface area contributed by atoms with Crippen LogP contribution in [0.1, 0.15) is 38.5 Å². The molecule has 0 atom stereocenters. The number of hydrogen-bond acceptors (Lipinski definition) is 8. The highest BCUT2D eigenvalue weighted by Gasteiger charge is 2.47. The van der Waals surface area contributed by atoms with Crippen LogP contribution in [-0.4, -0.2) is 33.0 Å². The first kappa shape index (κ1) is 24.6. The minimum atomic E-state index is -0.621. The van der Waals surface area contributed by atoms with Gasteiger partial charge in [0, 0.05) is 28.4 Å². The molecule has 3 aliphatic rings. The van der Waals surface area contributed by atoms with E-state index in [1.165, 1.54) is 6.08 Å². The summed E-state index contributed by atoms with van der Waals surface area (Å²) < 4.78 is 20.4. The number of fused-ring (bicyclic) bond motifs is 3. The molecule has 3 saturated carbocycles. The van der Waals surface area contributed by atoms with Gasteiger partial charge in [0.25, 0.3) is 0 Å². The van der Waals surface area contributed by atoms with Crippen molar-refractivity contribution in [3.05, 3.63) is 67.3 Å². The zero-order valence-electron chi connectivity index (χ0n) is 20.5. The highest BCUT2D eigenvalue weighted by Crippen LogP contribution is 2.51. The average Bonchev–Trinajstić information content (AvgIpc) is 2.91. The van der Waals surface area contributed by atoms with Crippen LogP contribution in [0.5, 0.6) is 5.88 Å². The Bertz CT molecular complexity index is 1270. The number of nitrogens with one attached hydrogen (secondary N) is 3. The van der Waals surface area contributed by atoms with E-state index in [1.807, 2.05) is 6.07 Å². The van der Waals surface area contributed by atoms with E-state index in [0.717, 1.165) is 44.7 Å². The van der Waals surface area contributed by atoms with Crippen molar-refractivity contribution in [1.29, 1.82) is 0 Å². The van der Waals surface area contributed by atoms with Crippen molar-refractivity contribution in [2.24, 2.45) is 11.1 Å². The van der Waals surface area contributed by atoms with E-state index >= 15 is 0 Å². The Balaban J connectivity index is 1.20. The summed E-state index contributed by atoms with van der Waals surface area (Å²) in [6, 6.07) is 10.4. The summed E-state index contributed by atoms with van der Waals surface area (Å²) in [5.74, 6) is -0.222. The van der Waals surface area contributed by atoms with Crippen LogP contribution < -0.4 is 26.4 Å². The molecule has 9 nitrogen and oxygen atoms in total. The SMILES string of the molecule is C=CC(=O)Nc1cccc(Nc2nc(Nc3ccc(OCC45CCC(N)(CC4)CC5)nc3)ncc2F)c1. The van der Waals surface area contributed by atoms with Gasteiger partial charge in [-0.25, -0.2) is 14.4 Å². The summed E-state index contributed by atoms with van der Waals surface area (Å²) in [7, 11) is 0. The molecule has 3 aliphatic carbocycles. The van der Waals surface area contributed by atoms with Crippen molar-refractivity contribution in [1.82, 2.24) is 15.0 Å². The zero-order valence-corrected chi connectivity index (χ0v) is 20.5. The third kappa shape index (κ3) is 5.86. The quantitative estimate of drug-likeness (QED) is 0.299. The number of anilines is 5. The molecule has 3 fully saturated rings. The van der Waals surface area contributed by atoms with Crippen LogP contribution in [0.3, 0.4) is 0 Å². The minimum Gasteiger partial charge on any atom is -0.477 e. The first-order chi connectivity index (χ1) is 17.8. The first-order valence-corrected chi connectivity index (χ1v) is 12.3. The third-order valence-corrected chi connectivity index (χ3v) is 7.30. The van der Waals surface area contributed by atoms with E-state index in [4.69, 9.17) is 10.5 Å². The number of amides is 1. The second kappa shape index (κ2) is 10.1. The van der Waals surface area contributed by atoms with Crippen molar-refractivity contribution >= 4 is 34.7 Å². The number of benzene rings is 1. The fourth-order valence-electron chi connectivity index (χ4n) is 4.92. The molecule has 1 amide bonds. The molecule has 1 aromatic carbocycles. The topological polar surface area (TPSA) is 127 Å². The van der Waals surface area contributed by atoms with E-state index in [9.17, 15) is 9.18 Å². The molecule has 0 spiro atoms. The normalized spacial score (nSPS) is 22.2. The van der Waals surface area contributed by atoms with Gasteiger partial charge in [-0.05, 0) is 68.9 Å². The molecular weight excluding hydrogens is 473 g/mol. The van der Waals surface area contributed by atoms with Gasteiger partial charge in [0.2, 0.25) is 17.7 Å². The predicted octanol–water partition coefficient (Wildman–Crippen LogP) is 5.05. The molecule has 5 N–H and O–H groups in total. The second-order valence-electron chi connectivity index (χ2n) is 9.95. The van der Waals surface area contributed by atoms with Crippen molar-refractivity contribution in [2.75, 3.05) is 22.6 Å². The molecule has 37 heavy (non-hydrogen) atoms. The fraction of sp³-hybridized carbons (Fsp3) is 0.333.